The molecule has 0 bridgehead atoms. The number of carboxylic acids is 1. The van der Waals surface area contributed by atoms with Crippen LogP contribution in [0.25, 0.3) is 0 Å². The van der Waals surface area contributed by atoms with Crippen molar-refractivity contribution in [1.29, 1.82) is 0 Å². The molecule has 1 N–H and O–H groups in total. The molecule has 0 atom stereocenters. The first-order valence-corrected chi connectivity index (χ1v) is 6.95. The summed E-state index contributed by atoms with van der Waals surface area (Å²) in [5, 5.41) is 9.03. The molecular weight excluding hydrogens is 282 g/mol. The molecule has 0 aliphatic heterocycles. The van der Waals surface area contributed by atoms with E-state index in [9.17, 15) is 9.59 Å². The van der Waals surface area contributed by atoms with E-state index in [-0.39, 0.29) is 18.0 Å². The first kappa shape index (κ1) is 15.8. The van der Waals surface area contributed by atoms with E-state index in [1.54, 1.807) is 14.0 Å². The minimum absolute atomic E-state index is 0.118. The second-order valence-corrected chi connectivity index (χ2v) is 5.47. The van der Waals surface area contributed by atoms with Gasteiger partial charge in [0.15, 0.2) is 0 Å². The van der Waals surface area contributed by atoms with Crippen molar-refractivity contribution in [3.05, 3.63) is 58.0 Å². The van der Waals surface area contributed by atoms with Crippen LogP contribution in [0.15, 0.2) is 28.7 Å². The fourth-order valence-corrected chi connectivity index (χ4v) is 2.31. The van der Waals surface area contributed by atoms with Gasteiger partial charge in [0.2, 0.25) is 0 Å². The van der Waals surface area contributed by atoms with Crippen molar-refractivity contribution in [3.8, 4) is 0 Å². The number of hydrogen-bond donors (Lipinski definition) is 1. The van der Waals surface area contributed by atoms with Gasteiger partial charge in [-0.25, -0.2) is 4.79 Å². The Morgan fingerprint density at radius 1 is 1.14 bits per heavy atom. The van der Waals surface area contributed by atoms with Gasteiger partial charge >= 0.3 is 5.97 Å². The zero-order valence-electron chi connectivity index (χ0n) is 13.1. The summed E-state index contributed by atoms with van der Waals surface area (Å²) in [5.41, 5.74) is 2.69. The molecule has 0 saturated carbocycles. The average Bonchev–Trinajstić information content (AvgIpc) is 2.81. The molecule has 0 aliphatic carbocycles. The molecule has 0 fully saturated rings. The lowest BCUT2D eigenvalue weighted by molar-refractivity contribution is 0.0694. The molecule has 5 heteroatoms. The van der Waals surface area contributed by atoms with Crippen LogP contribution < -0.4 is 0 Å². The Hall–Kier alpha value is -2.56. The van der Waals surface area contributed by atoms with Crippen molar-refractivity contribution < 1.29 is 19.1 Å². The molecule has 1 aromatic carbocycles. The molecule has 0 aliphatic rings. The Balaban J connectivity index is 2.20. The number of amides is 1. The molecule has 0 radical (unpaired) electrons. The van der Waals surface area contributed by atoms with Crippen molar-refractivity contribution in [2.45, 2.75) is 27.3 Å². The van der Waals surface area contributed by atoms with Crippen LogP contribution in [0.5, 0.6) is 0 Å². The molecule has 22 heavy (non-hydrogen) atoms. The van der Waals surface area contributed by atoms with Crippen molar-refractivity contribution in [3.63, 3.8) is 0 Å². The lowest BCUT2D eigenvalue weighted by Gasteiger charge is -2.17. The summed E-state index contributed by atoms with van der Waals surface area (Å²) in [5.74, 6) is -0.353. The van der Waals surface area contributed by atoms with Gasteiger partial charge in [0, 0.05) is 12.6 Å². The van der Waals surface area contributed by atoms with E-state index < -0.39 is 5.97 Å². The third kappa shape index (κ3) is 3.19. The largest absolute Gasteiger partial charge is 0.478 e. The summed E-state index contributed by atoms with van der Waals surface area (Å²) in [6.45, 7) is 5.64. The van der Waals surface area contributed by atoms with Crippen molar-refractivity contribution >= 4 is 11.9 Å². The van der Waals surface area contributed by atoms with Crippen LogP contribution in [0, 0.1) is 20.8 Å². The number of nitrogens with zero attached hydrogens (tertiary/aromatic N) is 1. The normalized spacial score (nSPS) is 10.5. The summed E-state index contributed by atoms with van der Waals surface area (Å²) in [4.78, 5) is 25.1. The molecule has 2 aromatic rings. The van der Waals surface area contributed by atoms with E-state index in [1.165, 1.54) is 11.0 Å². The van der Waals surface area contributed by atoms with Crippen molar-refractivity contribution in [2.75, 3.05) is 7.05 Å². The quantitative estimate of drug-likeness (QED) is 0.941. The molecular formula is C17H19NO4. The molecule has 5 nitrogen and oxygen atoms in total. The lowest BCUT2D eigenvalue weighted by atomic mass is 10.0. The van der Waals surface area contributed by atoms with Crippen molar-refractivity contribution in [2.24, 2.45) is 0 Å². The number of aryl methyl sites for hydroxylation is 3. The zero-order chi connectivity index (χ0) is 16.4. The van der Waals surface area contributed by atoms with E-state index in [0.717, 1.165) is 11.1 Å². The fourth-order valence-electron chi connectivity index (χ4n) is 2.31. The van der Waals surface area contributed by atoms with Gasteiger partial charge in [-0.2, -0.15) is 0 Å². The maximum Gasteiger partial charge on any atom is 0.339 e. The van der Waals surface area contributed by atoms with Crippen LogP contribution in [0.3, 0.4) is 0 Å². The monoisotopic (exact) mass is 301 g/mol. The molecule has 116 valence electrons. The van der Waals surface area contributed by atoms with Crippen molar-refractivity contribution in [1.82, 2.24) is 4.90 Å². The molecule has 1 aromatic heterocycles. The fraction of sp³-hybridized carbons (Fsp3) is 0.294. The van der Waals surface area contributed by atoms with E-state index in [0.29, 0.717) is 17.1 Å². The summed E-state index contributed by atoms with van der Waals surface area (Å²) in [6.07, 6.45) is 0. The molecule has 0 spiro atoms. The lowest BCUT2D eigenvalue weighted by Crippen LogP contribution is -2.26. The van der Waals surface area contributed by atoms with E-state index in [4.69, 9.17) is 9.52 Å². The smallest absolute Gasteiger partial charge is 0.339 e. The molecule has 1 amide bonds. The van der Waals surface area contributed by atoms with E-state index in [1.807, 2.05) is 32.0 Å². The Kier molecular flexibility index (Phi) is 4.35. The molecule has 1 heterocycles. The zero-order valence-corrected chi connectivity index (χ0v) is 13.1. The number of furan rings is 1. The maximum atomic E-state index is 12.5. The third-order valence-electron chi connectivity index (χ3n) is 3.56. The third-order valence-corrected chi connectivity index (χ3v) is 3.56. The minimum Gasteiger partial charge on any atom is -0.478 e. The summed E-state index contributed by atoms with van der Waals surface area (Å²) in [7, 11) is 1.67. The minimum atomic E-state index is -1.03. The van der Waals surface area contributed by atoms with Gasteiger partial charge in [-0.05, 0) is 38.5 Å². The Morgan fingerprint density at radius 3 is 2.41 bits per heavy atom. The molecule has 0 saturated heterocycles. The summed E-state index contributed by atoms with van der Waals surface area (Å²) in [6, 6.07) is 7.19. The standard InChI is InChI=1S/C17H19NO4/c1-10-5-6-11(2)14(7-10)16(19)18(4)9-13-8-15(17(20)21)12(3)22-13/h5-8H,9H2,1-4H3,(H,20,21). The van der Waals surface area contributed by atoms with Gasteiger partial charge < -0.3 is 14.4 Å². The number of hydrogen-bond acceptors (Lipinski definition) is 3. The van der Waals surface area contributed by atoms with Crippen LogP contribution in [-0.4, -0.2) is 28.9 Å². The second kappa shape index (κ2) is 6.05. The highest BCUT2D eigenvalue weighted by molar-refractivity contribution is 5.95. The Morgan fingerprint density at radius 2 is 1.82 bits per heavy atom. The second-order valence-electron chi connectivity index (χ2n) is 5.47. The van der Waals surface area contributed by atoms with Gasteiger partial charge in [0.05, 0.1) is 6.54 Å². The van der Waals surface area contributed by atoms with Crippen LogP contribution in [0.4, 0.5) is 0 Å². The molecule has 0 unspecified atom stereocenters. The predicted octanol–water partition coefficient (Wildman–Crippen LogP) is 3.18. The summed E-state index contributed by atoms with van der Waals surface area (Å²) >= 11 is 0. The average molecular weight is 301 g/mol. The van der Waals surface area contributed by atoms with Gasteiger partial charge in [0.25, 0.3) is 5.91 Å². The number of benzene rings is 1. The number of rotatable bonds is 4. The van der Waals surface area contributed by atoms with Gasteiger partial charge in [0.1, 0.15) is 17.1 Å². The van der Waals surface area contributed by atoms with Crippen LogP contribution in [0.1, 0.15) is 43.4 Å². The first-order valence-electron chi connectivity index (χ1n) is 6.95. The van der Waals surface area contributed by atoms with E-state index in [2.05, 4.69) is 0 Å². The Labute approximate surface area is 129 Å². The molecule has 2 rings (SSSR count). The topological polar surface area (TPSA) is 70.8 Å². The van der Waals surface area contributed by atoms with Crippen LogP contribution in [-0.2, 0) is 6.54 Å². The predicted molar refractivity (Wildman–Crippen MR) is 82.1 cm³/mol. The number of carboxylic acid groups (broad SMARTS) is 1. The summed E-state index contributed by atoms with van der Waals surface area (Å²) < 4.78 is 5.41. The van der Waals surface area contributed by atoms with Crippen LogP contribution >= 0.6 is 0 Å². The SMILES string of the molecule is Cc1ccc(C)c(C(=O)N(C)Cc2cc(C(=O)O)c(C)o2)c1. The van der Waals surface area contributed by atoms with E-state index >= 15 is 0 Å². The van der Waals surface area contributed by atoms with Crippen LogP contribution in [0.2, 0.25) is 0 Å². The van der Waals surface area contributed by atoms with Gasteiger partial charge in [-0.15, -0.1) is 0 Å². The first-order chi connectivity index (χ1) is 10.3. The van der Waals surface area contributed by atoms with Gasteiger partial charge in [-0.1, -0.05) is 17.7 Å². The highest BCUT2D eigenvalue weighted by atomic mass is 16.4. The number of aromatic carboxylic acids is 1. The highest BCUT2D eigenvalue weighted by Crippen LogP contribution is 2.18. The number of carbonyl (C=O) groups is 2. The maximum absolute atomic E-state index is 12.5. The highest BCUT2D eigenvalue weighted by Gasteiger charge is 2.18. The van der Waals surface area contributed by atoms with Gasteiger partial charge in [-0.3, -0.25) is 4.79 Å². The number of carbonyl (C=O) groups excluding carboxylic acids is 1. The Bertz CT molecular complexity index is 730.